The van der Waals surface area contributed by atoms with Gasteiger partial charge in [-0.1, -0.05) is 42.8 Å². The van der Waals surface area contributed by atoms with Gasteiger partial charge in [0.2, 0.25) is 0 Å². The molecule has 3 rings (SSSR count). The quantitative estimate of drug-likeness (QED) is 0.826. The van der Waals surface area contributed by atoms with E-state index >= 15 is 0 Å². The van der Waals surface area contributed by atoms with E-state index in [2.05, 4.69) is 6.92 Å². The Balaban J connectivity index is 1.90. The molecule has 0 radical (unpaired) electrons. The molecule has 1 fully saturated rings. The number of likely N-dealkylation sites (tertiary alicyclic amines) is 1. The molecule has 2 aromatic rings. The minimum Gasteiger partial charge on any atom is -0.396 e. The lowest BCUT2D eigenvalue weighted by molar-refractivity contribution is 0.0252. The molecule has 1 atom stereocenters. The van der Waals surface area contributed by atoms with Crippen LogP contribution in [-0.4, -0.2) is 35.6 Å². The third kappa shape index (κ3) is 3.65. The number of aliphatic hydroxyl groups excluding tert-OH is 1. The first-order chi connectivity index (χ1) is 12.5. The molecule has 0 aromatic heterocycles. The van der Waals surface area contributed by atoms with Gasteiger partial charge in [0.15, 0.2) is 0 Å². The van der Waals surface area contributed by atoms with Crippen LogP contribution in [0.3, 0.4) is 0 Å². The zero-order valence-corrected chi connectivity index (χ0v) is 16.2. The SMILES string of the molecule is CCC1(CO)CCCN(C(=O)c2cccc(-c3c(C)cccc3Cl)c2)C1. The van der Waals surface area contributed by atoms with Crippen LogP contribution in [0.5, 0.6) is 0 Å². The summed E-state index contributed by atoms with van der Waals surface area (Å²) in [5, 5.41) is 10.5. The number of hydrogen-bond donors (Lipinski definition) is 1. The molecule has 0 spiro atoms. The molecule has 3 nitrogen and oxygen atoms in total. The summed E-state index contributed by atoms with van der Waals surface area (Å²) in [6.45, 7) is 5.61. The number of carbonyl (C=O) groups excluding carboxylic acids is 1. The summed E-state index contributed by atoms with van der Waals surface area (Å²) in [7, 11) is 0. The number of piperidine rings is 1. The van der Waals surface area contributed by atoms with Crippen LogP contribution < -0.4 is 0 Å². The van der Waals surface area contributed by atoms with Gasteiger partial charge in [0, 0.05) is 34.7 Å². The minimum absolute atomic E-state index is 0.0301. The van der Waals surface area contributed by atoms with Crippen molar-refractivity contribution >= 4 is 17.5 Å². The van der Waals surface area contributed by atoms with Crippen LogP contribution in [0.25, 0.3) is 11.1 Å². The van der Waals surface area contributed by atoms with E-state index in [1.807, 2.05) is 54.3 Å². The standard InChI is InChI=1S/C22H26ClNO2/c1-3-22(15-25)11-6-12-24(14-22)21(26)18-9-5-8-17(13-18)20-16(2)7-4-10-19(20)23/h4-5,7-10,13,25H,3,6,11-12,14-15H2,1-2H3. The summed E-state index contributed by atoms with van der Waals surface area (Å²) < 4.78 is 0. The van der Waals surface area contributed by atoms with E-state index in [4.69, 9.17) is 11.6 Å². The number of rotatable bonds is 4. The molecular weight excluding hydrogens is 346 g/mol. The summed E-state index contributed by atoms with van der Waals surface area (Å²) in [5.41, 5.74) is 3.53. The van der Waals surface area contributed by atoms with Gasteiger partial charge in [0.1, 0.15) is 0 Å². The maximum Gasteiger partial charge on any atom is 0.253 e. The van der Waals surface area contributed by atoms with Crippen molar-refractivity contribution in [3.8, 4) is 11.1 Å². The largest absolute Gasteiger partial charge is 0.396 e. The van der Waals surface area contributed by atoms with Gasteiger partial charge < -0.3 is 10.0 Å². The monoisotopic (exact) mass is 371 g/mol. The van der Waals surface area contributed by atoms with Crippen LogP contribution in [0.1, 0.15) is 42.1 Å². The molecule has 0 saturated carbocycles. The van der Waals surface area contributed by atoms with Gasteiger partial charge >= 0.3 is 0 Å². The third-order valence-electron chi connectivity index (χ3n) is 5.65. The fraction of sp³-hybridized carbons (Fsp3) is 0.409. The summed E-state index contributed by atoms with van der Waals surface area (Å²) in [4.78, 5) is 15.0. The van der Waals surface area contributed by atoms with Gasteiger partial charge in [0.25, 0.3) is 5.91 Å². The van der Waals surface area contributed by atoms with Gasteiger partial charge in [-0.25, -0.2) is 0 Å². The second-order valence-electron chi connectivity index (χ2n) is 7.35. The molecule has 1 heterocycles. The van der Waals surface area contributed by atoms with Gasteiger partial charge in [-0.05, 0) is 55.5 Å². The Bertz CT molecular complexity index is 778. The molecule has 1 amide bonds. The van der Waals surface area contributed by atoms with E-state index in [-0.39, 0.29) is 17.9 Å². The summed E-state index contributed by atoms with van der Waals surface area (Å²) in [6, 6.07) is 13.5. The van der Waals surface area contributed by atoms with E-state index < -0.39 is 0 Å². The number of hydrogen-bond acceptors (Lipinski definition) is 2. The molecule has 138 valence electrons. The predicted molar refractivity (Wildman–Crippen MR) is 107 cm³/mol. The van der Waals surface area contributed by atoms with Crippen molar-refractivity contribution in [1.82, 2.24) is 4.90 Å². The third-order valence-corrected chi connectivity index (χ3v) is 5.97. The first kappa shape index (κ1) is 18.9. The van der Waals surface area contributed by atoms with Crippen LogP contribution >= 0.6 is 11.6 Å². The van der Waals surface area contributed by atoms with E-state index in [0.29, 0.717) is 17.1 Å². The average Bonchev–Trinajstić information content (AvgIpc) is 2.67. The van der Waals surface area contributed by atoms with Crippen molar-refractivity contribution in [2.24, 2.45) is 5.41 Å². The lowest BCUT2D eigenvalue weighted by atomic mass is 9.78. The Labute approximate surface area is 160 Å². The van der Waals surface area contributed by atoms with Crippen LogP contribution in [0.2, 0.25) is 5.02 Å². The lowest BCUT2D eigenvalue weighted by Crippen LogP contribution is -2.47. The van der Waals surface area contributed by atoms with Crippen molar-refractivity contribution in [3.63, 3.8) is 0 Å². The van der Waals surface area contributed by atoms with Gasteiger partial charge in [-0.15, -0.1) is 0 Å². The minimum atomic E-state index is -0.162. The molecule has 1 N–H and O–H groups in total. The van der Waals surface area contributed by atoms with Crippen molar-refractivity contribution < 1.29 is 9.90 Å². The highest BCUT2D eigenvalue weighted by Gasteiger charge is 2.35. The molecule has 4 heteroatoms. The molecule has 0 aliphatic carbocycles. The molecule has 0 bridgehead atoms. The Kier molecular flexibility index (Phi) is 5.69. The Morgan fingerprint density at radius 3 is 2.73 bits per heavy atom. The summed E-state index contributed by atoms with van der Waals surface area (Å²) >= 11 is 6.40. The summed E-state index contributed by atoms with van der Waals surface area (Å²) in [5.74, 6) is 0.0301. The smallest absolute Gasteiger partial charge is 0.253 e. The van der Waals surface area contributed by atoms with Crippen LogP contribution in [-0.2, 0) is 0 Å². The predicted octanol–water partition coefficient (Wildman–Crippen LogP) is 4.94. The second kappa shape index (κ2) is 7.81. The van der Waals surface area contributed by atoms with Gasteiger partial charge in [-0.2, -0.15) is 0 Å². The topological polar surface area (TPSA) is 40.5 Å². The molecule has 1 aliphatic heterocycles. The number of aliphatic hydroxyl groups is 1. The van der Waals surface area contributed by atoms with Crippen molar-refractivity contribution in [1.29, 1.82) is 0 Å². The fourth-order valence-electron chi connectivity index (χ4n) is 3.90. The summed E-state index contributed by atoms with van der Waals surface area (Å²) in [6.07, 6.45) is 2.79. The van der Waals surface area contributed by atoms with Crippen molar-refractivity contribution in [2.75, 3.05) is 19.7 Å². The molecule has 1 saturated heterocycles. The molecule has 1 unspecified atom stereocenters. The van der Waals surface area contributed by atoms with Gasteiger partial charge in [-0.3, -0.25) is 4.79 Å². The number of amides is 1. The number of benzene rings is 2. The highest BCUT2D eigenvalue weighted by atomic mass is 35.5. The number of carbonyl (C=O) groups is 1. The first-order valence-electron chi connectivity index (χ1n) is 9.25. The molecular formula is C22H26ClNO2. The second-order valence-corrected chi connectivity index (χ2v) is 7.76. The Morgan fingerprint density at radius 2 is 2.04 bits per heavy atom. The van der Waals surface area contributed by atoms with Crippen LogP contribution in [0.4, 0.5) is 0 Å². The van der Waals surface area contributed by atoms with Gasteiger partial charge in [0.05, 0.1) is 6.61 Å². The maximum absolute atomic E-state index is 13.1. The highest BCUT2D eigenvalue weighted by Crippen LogP contribution is 2.34. The Hall–Kier alpha value is -1.84. The van der Waals surface area contributed by atoms with E-state index in [1.165, 1.54) is 0 Å². The van der Waals surface area contributed by atoms with E-state index in [9.17, 15) is 9.90 Å². The molecule has 26 heavy (non-hydrogen) atoms. The molecule has 2 aromatic carbocycles. The zero-order chi connectivity index (χ0) is 18.7. The van der Waals surface area contributed by atoms with Crippen molar-refractivity contribution in [2.45, 2.75) is 33.1 Å². The van der Waals surface area contributed by atoms with E-state index in [0.717, 1.165) is 42.5 Å². The lowest BCUT2D eigenvalue weighted by Gasteiger charge is -2.41. The first-order valence-corrected chi connectivity index (χ1v) is 9.63. The maximum atomic E-state index is 13.1. The normalized spacial score (nSPS) is 20.2. The van der Waals surface area contributed by atoms with Crippen molar-refractivity contribution in [3.05, 3.63) is 58.6 Å². The Morgan fingerprint density at radius 1 is 1.27 bits per heavy atom. The molecule has 1 aliphatic rings. The van der Waals surface area contributed by atoms with Crippen LogP contribution in [0, 0.1) is 12.3 Å². The number of nitrogens with zero attached hydrogens (tertiary/aromatic N) is 1. The van der Waals surface area contributed by atoms with Crippen LogP contribution in [0.15, 0.2) is 42.5 Å². The fourth-order valence-corrected chi connectivity index (χ4v) is 4.23. The number of halogens is 1. The highest BCUT2D eigenvalue weighted by molar-refractivity contribution is 6.33. The zero-order valence-electron chi connectivity index (χ0n) is 15.5. The van der Waals surface area contributed by atoms with E-state index in [1.54, 1.807) is 0 Å². The average molecular weight is 372 g/mol. The number of aryl methyl sites for hydroxylation is 1.